The monoisotopic (exact) mass is 516 g/mol. The van der Waals surface area contributed by atoms with Gasteiger partial charge in [-0.1, -0.05) is 12.8 Å². The van der Waals surface area contributed by atoms with Crippen molar-refractivity contribution >= 4 is 47.7 Å². The summed E-state index contributed by atoms with van der Waals surface area (Å²) in [6.07, 6.45) is 3.82. The zero-order chi connectivity index (χ0) is 19.8. The highest BCUT2D eigenvalue weighted by molar-refractivity contribution is 9.11. The van der Waals surface area contributed by atoms with Crippen molar-refractivity contribution in [3.05, 3.63) is 50.4 Å². The Hall–Kier alpha value is -1.38. The van der Waals surface area contributed by atoms with E-state index in [9.17, 15) is 18.3 Å². The minimum Gasteiger partial charge on any atom is -0.508 e. The molecule has 2 aromatic rings. The zero-order valence-corrected chi connectivity index (χ0v) is 18.3. The maximum Gasteiger partial charge on any atom is 0.307 e. The van der Waals surface area contributed by atoms with Crippen LogP contribution in [0.5, 0.6) is 5.75 Å². The molecule has 0 spiro atoms. The van der Waals surface area contributed by atoms with Crippen LogP contribution >= 0.6 is 31.9 Å². The Morgan fingerprint density at radius 2 is 1.67 bits per heavy atom. The molecule has 2 aromatic carbocycles. The van der Waals surface area contributed by atoms with Gasteiger partial charge in [-0.05, 0) is 92.1 Å². The molecule has 0 aromatic heterocycles. The Morgan fingerprint density at radius 1 is 1.07 bits per heavy atom. The topological polar surface area (TPSA) is 91.7 Å². The van der Waals surface area contributed by atoms with Crippen LogP contribution in [0.2, 0.25) is 0 Å². The van der Waals surface area contributed by atoms with E-state index >= 15 is 0 Å². The molecule has 27 heavy (non-hydrogen) atoms. The standard InChI is InChI=1S/C19H18Br2O5S/c20-15-7-11(9-18(23)24)8-16(21)19(15)27(25,26)13-5-6-17(22)14(10-13)12-3-1-2-4-12/h5-8,10,12,22H,1-4,9H2,(H,23,24). The fraction of sp³-hybridized carbons (Fsp3) is 0.316. The van der Waals surface area contributed by atoms with E-state index in [0.29, 0.717) is 20.1 Å². The summed E-state index contributed by atoms with van der Waals surface area (Å²) in [4.78, 5) is 11.1. The molecular weight excluding hydrogens is 500 g/mol. The van der Waals surface area contributed by atoms with Crippen molar-refractivity contribution in [2.45, 2.75) is 47.8 Å². The molecule has 1 fully saturated rings. The first-order valence-corrected chi connectivity index (χ1v) is 11.5. The Labute approximate surface area is 174 Å². The van der Waals surface area contributed by atoms with Crippen LogP contribution in [-0.2, 0) is 21.1 Å². The van der Waals surface area contributed by atoms with E-state index in [1.54, 1.807) is 6.07 Å². The van der Waals surface area contributed by atoms with Crippen LogP contribution in [0.3, 0.4) is 0 Å². The summed E-state index contributed by atoms with van der Waals surface area (Å²) in [5.74, 6) is -0.704. The molecule has 5 nitrogen and oxygen atoms in total. The third-order valence-electron chi connectivity index (χ3n) is 4.79. The molecule has 0 aliphatic heterocycles. The number of aliphatic carboxylic acids is 1. The van der Waals surface area contributed by atoms with Crippen molar-refractivity contribution < 1.29 is 23.4 Å². The quantitative estimate of drug-likeness (QED) is 0.580. The molecule has 1 aliphatic carbocycles. The van der Waals surface area contributed by atoms with Gasteiger partial charge in [0.2, 0.25) is 9.84 Å². The smallest absolute Gasteiger partial charge is 0.307 e. The summed E-state index contributed by atoms with van der Waals surface area (Å²) in [6.45, 7) is 0. The van der Waals surface area contributed by atoms with Gasteiger partial charge in [-0.15, -0.1) is 0 Å². The number of hydrogen-bond donors (Lipinski definition) is 2. The third kappa shape index (κ3) is 4.22. The number of carboxylic acid groups (broad SMARTS) is 1. The third-order valence-corrected chi connectivity index (χ3v) is 8.41. The first-order chi connectivity index (χ1) is 12.7. The van der Waals surface area contributed by atoms with E-state index < -0.39 is 15.8 Å². The van der Waals surface area contributed by atoms with E-state index in [4.69, 9.17) is 5.11 Å². The van der Waals surface area contributed by atoms with Crippen LogP contribution in [0.25, 0.3) is 0 Å². The number of phenolic OH excluding ortho intramolecular Hbond substituents is 1. The van der Waals surface area contributed by atoms with Gasteiger partial charge < -0.3 is 10.2 Å². The van der Waals surface area contributed by atoms with Crippen molar-refractivity contribution in [2.24, 2.45) is 0 Å². The minimum absolute atomic E-state index is 0.0414. The van der Waals surface area contributed by atoms with Gasteiger partial charge >= 0.3 is 5.97 Å². The van der Waals surface area contributed by atoms with Crippen LogP contribution in [0.15, 0.2) is 49.1 Å². The molecular formula is C19H18Br2O5S. The summed E-state index contributed by atoms with van der Waals surface area (Å²) in [5, 5.41) is 19.1. The molecule has 0 bridgehead atoms. The van der Waals surface area contributed by atoms with Gasteiger partial charge in [0.25, 0.3) is 0 Å². The molecule has 0 saturated heterocycles. The maximum absolute atomic E-state index is 13.2. The zero-order valence-electron chi connectivity index (χ0n) is 14.3. The highest BCUT2D eigenvalue weighted by atomic mass is 79.9. The van der Waals surface area contributed by atoms with E-state index in [0.717, 1.165) is 25.7 Å². The van der Waals surface area contributed by atoms with Crippen LogP contribution in [0.1, 0.15) is 42.7 Å². The number of benzene rings is 2. The van der Waals surface area contributed by atoms with Gasteiger partial charge in [0.05, 0.1) is 11.3 Å². The first kappa shape index (κ1) is 20.4. The molecule has 1 aliphatic rings. The molecule has 0 atom stereocenters. The van der Waals surface area contributed by atoms with Gasteiger partial charge in [0.15, 0.2) is 0 Å². The van der Waals surface area contributed by atoms with E-state index in [2.05, 4.69) is 31.9 Å². The largest absolute Gasteiger partial charge is 0.508 e. The Balaban J connectivity index is 2.07. The lowest BCUT2D eigenvalue weighted by Crippen LogP contribution is -2.07. The number of aromatic hydroxyl groups is 1. The summed E-state index contributed by atoms with van der Waals surface area (Å²) in [7, 11) is -3.87. The highest BCUT2D eigenvalue weighted by Gasteiger charge is 2.27. The SMILES string of the molecule is O=C(O)Cc1cc(Br)c(S(=O)(=O)c2ccc(O)c(C3CCCC3)c2)c(Br)c1. The van der Waals surface area contributed by atoms with Crippen molar-refractivity contribution in [3.8, 4) is 5.75 Å². The fourth-order valence-corrected chi connectivity index (χ4v) is 7.48. The van der Waals surface area contributed by atoms with Crippen molar-refractivity contribution in [1.29, 1.82) is 0 Å². The number of hydrogen-bond acceptors (Lipinski definition) is 4. The normalized spacial score (nSPS) is 15.2. The summed E-state index contributed by atoms with van der Waals surface area (Å²) >= 11 is 6.54. The predicted octanol–water partition coefficient (Wildman–Crippen LogP) is 5.03. The second-order valence-corrected chi connectivity index (χ2v) is 10.3. The summed E-state index contributed by atoms with van der Waals surface area (Å²) in [5.41, 5.74) is 1.15. The van der Waals surface area contributed by atoms with Crippen molar-refractivity contribution in [1.82, 2.24) is 0 Å². The van der Waals surface area contributed by atoms with E-state index in [1.165, 1.54) is 24.3 Å². The number of carboxylic acids is 1. The lowest BCUT2D eigenvalue weighted by atomic mass is 9.97. The lowest BCUT2D eigenvalue weighted by Gasteiger charge is -2.15. The number of rotatable bonds is 5. The van der Waals surface area contributed by atoms with Gasteiger partial charge in [-0.2, -0.15) is 0 Å². The lowest BCUT2D eigenvalue weighted by molar-refractivity contribution is -0.136. The Bertz CT molecular complexity index is 972. The molecule has 0 radical (unpaired) electrons. The molecule has 144 valence electrons. The number of sulfone groups is 1. The molecule has 8 heteroatoms. The van der Waals surface area contributed by atoms with Crippen LogP contribution in [-0.4, -0.2) is 24.6 Å². The average Bonchev–Trinajstić information content (AvgIpc) is 3.07. The predicted molar refractivity (Wildman–Crippen MR) is 108 cm³/mol. The van der Waals surface area contributed by atoms with Crippen LogP contribution in [0, 0.1) is 0 Å². The van der Waals surface area contributed by atoms with Gasteiger partial charge in [-0.25, -0.2) is 8.42 Å². The second kappa shape index (κ2) is 7.93. The molecule has 0 heterocycles. The van der Waals surface area contributed by atoms with Crippen molar-refractivity contribution in [2.75, 3.05) is 0 Å². The second-order valence-electron chi connectivity index (χ2n) is 6.66. The number of halogens is 2. The van der Waals surface area contributed by atoms with E-state index in [-0.39, 0.29) is 27.9 Å². The molecule has 3 rings (SSSR count). The molecule has 2 N–H and O–H groups in total. The average molecular weight is 518 g/mol. The maximum atomic E-state index is 13.2. The fourth-order valence-electron chi connectivity index (χ4n) is 3.53. The minimum atomic E-state index is -3.87. The van der Waals surface area contributed by atoms with Gasteiger partial charge in [0, 0.05) is 8.95 Å². The number of phenols is 1. The van der Waals surface area contributed by atoms with Gasteiger partial charge in [0.1, 0.15) is 10.6 Å². The van der Waals surface area contributed by atoms with Crippen LogP contribution in [0.4, 0.5) is 0 Å². The Kier molecular flexibility index (Phi) is 5.98. The molecule has 0 amide bonds. The first-order valence-electron chi connectivity index (χ1n) is 8.48. The number of carbonyl (C=O) groups is 1. The van der Waals surface area contributed by atoms with E-state index in [1.807, 2.05) is 0 Å². The Morgan fingerprint density at radius 3 is 2.22 bits per heavy atom. The highest BCUT2D eigenvalue weighted by Crippen LogP contribution is 2.41. The van der Waals surface area contributed by atoms with Crippen molar-refractivity contribution in [3.63, 3.8) is 0 Å². The van der Waals surface area contributed by atoms with Gasteiger partial charge in [-0.3, -0.25) is 4.79 Å². The summed E-state index contributed by atoms with van der Waals surface area (Å²) in [6, 6.07) is 7.40. The van der Waals surface area contributed by atoms with Crippen LogP contribution < -0.4 is 0 Å². The molecule has 0 unspecified atom stereocenters. The summed E-state index contributed by atoms with van der Waals surface area (Å²) < 4.78 is 27.0. The molecule has 1 saturated carbocycles.